The molecule has 2 aromatic rings. The van der Waals surface area contributed by atoms with Crippen LogP contribution in [0.2, 0.25) is 0 Å². The number of carboxylic acid groups (broad SMARTS) is 1. The zero-order valence-corrected chi connectivity index (χ0v) is 10.6. The minimum absolute atomic E-state index is 0.0212. The summed E-state index contributed by atoms with van der Waals surface area (Å²) in [7, 11) is 1.64. The number of benzene rings is 1. The number of carboxylic acids is 1. The van der Waals surface area contributed by atoms with Crippen LogP contribution in [0.3, 0.4) is 0 Å². The van der Waals surface area contributed by atoms with Gasteiger partial charge in [0.25, 0.3) is 0 Å². The molecule has 0 radical (unpaired) electrons. The minimum atomic E-state index is -0.772. The number of fused-ring (bicyclic) bond motifs is 1. The van der Waals surface area contributed by atoms with Crippen LogP contribution in [0.15, 0.2) is 30.5 Å². The maximum atomic E-state index is 10.9. The summed E-state index contributed by atoms with van der Waals surface area (Å²) in [5.41, 5.74) is 1.02. The smallest absolute Gasteiger partial charge is 0.305 e. The molecule has 0 aliphatic heterocycles. The molecule has 0 aliphatic carbocycles. The van der Waals surface area contributed by atoms with Crippen molar-refractivity contribution in [3.05, 3.63) is 30.5 Å². The van der Waals surface area contributed by atoms with Crippen molar-refractivity contribution in [3.8, 4) is 5.75 Å². The lowest BCUT2D eigenvalue weighted by Crippen LogP contribution is -2.11. The van der Waals surface area contributed by atoms with E-state index in [9.17, 15) is 4.79 Å². The largest absolute Gasteiger partial charge is 0.496 e. The third kappa shape index (κ3) is 2.18. The van der Waals surface area contributed by atoms with Crippen LogP contribution in [0.4, 0.5) is 0 Å². The molecular weight excluding hydrogens is 230 g/mol. The lowest BCUT2D eigenvalue weighted by atomic mass is 10.1. The van der Waals surface area contributed by atoms with Gasteiger partial charge >= 0.3 is 5.97 Å². The summed E-state index contributed by atoms with van der Waals surface area (Å²) in [5.74, 6) is 0.0445. The maximum absolute atomic E-state index is 10.9. The second kappa shape index (κ2) is 5.12. The molecule has 1 N–H and O–H groups in total. The molecule has 0 amide bonds. The molecule has 1 aromatic heterocycles. The predicted molar refractivity (Wildman–Crippen MR) is 70.1 cm³/mol. The molecule has 4 heteroatoms. The molecule has 0 spiro atoms. The number of aromatic nitrogens is 1. The minimum Gasteiger partial charge on any atom is -0.496 e. The first kappa shape index (κ1) is 12.5. The van der Waals surface area contributed by atoms with Gasteiger partial charge in [-0.15, -0.1) is 0 Å². The number of methoxy groups -OCH3 is 1. The second-order valence-electron chi connectivity index (χ2n) is 4.28. The van der Waals surface area contributed by atoms with E-state index in [1.165, 1.54) is 0 Å². The summed E-state index contributed by atoms with van der Waals surface area (Å²) in [5, 5.41) is 9.97. The Morgan fingerprint density at radius 1 is 1.44 bits per heavy atom. The van der Waals surface area contributed by atoms with Crippen LogP contribution >= 0.6 is 0 Å². The quantitative estimate of drug-likeness (QED) is 0.883. The zero-order valence-electron chi connectivity index (χ0n) is 10.6. The van der Waals surface area contributed by atoms with E-state index >= 15 is 0 Å². The highest BCUT2D eigenvalue weighted by molar-refractivity contribution is 5.86. The average Bonchev–Trinajstić information content (AvgIpc) is 2.79. The number of hydrogen-bond acceptors (Lipinski definition) is 2. The average molecular weight is 247 g/mol. The Hall–Kier alpha value is -1.97. The van der Waals surface area contributed by atoms with Crippen LogP contribution in [-0.2, 0) is 4.79 Å². The Bertz CT molecular complexity index is 559. The molecule has 4 nitrogen and oxygen atoms in total. The molecule has 0 bridgehead atoms. The molecule has 18 heavy (non-hydrogen) atoms. The number of ether oxygens (including phenoxy) is 1. The number of nitrogens with zero attached hydrogens (tertiary/aromatic N) is 1. The fourth-order valence-corrected chi connectivity index (χ4v) is 2.30. The van der Waals surface area contributed by atoms with Gasteiger partial charge < -0.3 is 14.4 Å². The van der Waals surface area contributed by atoms with Crippen LogP contribution in [0, 0.1) is 0 Å². The monoisotopic (exact) mass is 247 g/mol. The van der Waals surface area contributed by atoms with E-state index in [0.29, 0.717) is 0 Å². The van der Waals surface area contributed by atoms with E-state index in [-0.39, 0.29) is 12.5 Å². The van der Waals surface area contributed by atoms with Gasteiger partial charge in [-0.3, -0.25) is 4.79 Å². The predicted octanol–water partition coefficient (Wildman–Crippen LogP) is 3.08. The summed E-state index contributed by atoms with van der Waals surface area (Å²) in [6, 6.07) is 7.77. The molecule has 96 valence electrons. The summed E-state index contributed by atoms with van der Waals surface area (Å²) in [4.78, 5) is 10.9. The number of rotatable bonds is 5. The van der Waals surface area contributed by atoms with Crippen molar-refractivity contribution < 1.29 is 14.6 Å². The van der Waals surface area contributed by atoms with Gasteiger partial charge in [-0.25, -0.2) is 0 Å². The summed E-state index contributed by atoms with van der Waals surface area (Å²) < 4.78 is 7.33. The first-order valence-electron chi connectivity index (χ1n) is 6.02. The maximum Gasteiger partial charge on any atom is 0.305 e. The van der Waals surface area contributed by atoms with E-state index in [2.05, 4.69) is 0 Å². The fraction of sp³-hybridized carbons (Fsp3) is 0.357. The molecular formula is C14H17NO3. The van der Waals surface area contributed by atoms with Crippen molar-refractivity contribution in [1.82, 2.24) is 4.57 Å². The lowest BCUT2D eigenvalue weighted by Gasteiger charge is -2.16. The van der Waals surface area contributed by atoms with E-state index in [0.717, 1.165) is 23.1 Å². The molecule has 1 heterocycles. The van der Waals surface area contributed by atoms with Crippen LogP contribution in [0.1, 0.15) is 25.8 Å². The number of aliphatic carboxylic acids is 1. The fourth-order valence-electron chi connectivity index (χ4n) is 2.30. The van der Waals surface area contributed by atoms with Crippen molar-refractivity contribution in [2.45, 2.75) is 25.8 Å². The van der Waals surface area contributed by atoms with Gasteiger partial charge in [-0.2, -0.15) is 0 Å². The molecule has 0 saturated carbocycles. The summed E-state index contributed by atoms with van der Waals surface area (Å²) >= 11 is 0. The highest BCUT2D eigenvalue weighted by atomic mass is 16.5. The Balaban J connectivity index is 2.48. The van der Waals surface area contributed by atoms with Gasteiger partial charge in [0.1, 0.15) is 5.75 Å². The van der Waals surface area contributed by atoms with E-state index in [1.807, 2.05) is 42.0 Å². The molecule has 1 atom stereocenters. The van der Waals surface area contributed by atoms with Gasteiger partial charge in [0.2, 0.25) is 0 Å². The van der Waals surface area contributed by atoms with E-state index in [1.54, 1.807) is 7.11 Å². The van der Waals surface area contributed by atoms with Crippen molar-refractivity contribution in [1.29, 1.82) is 0 Å². The topological polar surface area (TPSA) is 51.5 Å². The van der Waals surface area contributed by atoms with Gasteiger partial charge in [0.05, 0.1) is 19.0 Å². The van der Waals surface area contributed by atoms with Crippen LogP contribution < -0.4 is 4.74 Å². The first-order chi connectivity index (χ1) is 8.67. The molecule has 0 fully saturated rings. The van der Waals surface area contributed by atoms with E-state index in [4.69, 9.17) is 9.84 Å². The van der Waals surface area contributed by atoms with Crippen LogP contribution in [0.25, 0.3) is 10.9 Å². The van der Waals surface area contributed by atoms with Crippen LogP contribution in [0.5, 0.6) is 5.75 Å². The third-order valence-corrected chi connectivity index (χ3v) is 3.22. The molecule has 0 aliphatic rings. The zero-order chi connectivity index (χ0) is 13.1. The number of carbonyl (C=O) groups is 1. The van der Waals surface area contributed by atoms with Crippen LogP contribution in [-0.4, -0.2) is 22.8 Å². The summed E-state index contributed by atoms with van der Waals surface area (Å²) in [6.45, 7) is 2.00. The highest BCUT2D eigenvalue weighted by Gasteiger charge is 2.16. The normalized spacial score (nSPS) is 12.6. The van der Waals surface area contributed by atoms with Gasteiger partial charge in [-0.1, -0.05) is 13.0 Å². The van der Waals surface area contributed by atoms with Crippen molar-refractivity contribution >= 4 is 16.9 Å². The van der Waals surface area contributed by atoms with Crippen molar-refractivity contribution in [2.75, 3.05) is 7.11 Å². The standard InChI is InChI=1S/C14H17NO3/c1-3-10(9-14(16)17)15-8-7-11-12(15)5-4-6-13(11)18-2/h4-8,10H,3,9H2,1-2H3,(H,16,17). The first-order valence-corrected chi connectivity index (χ1v) is 6.02. The van der Waals surface area contributed by atoms with Gasteiger partial charge in [-0.05, 0) is 24.6 Å². The van der Waals surface area contributed by atoms with Crippen molar-refractivity contribution in [2.24, 2.45) is 0 Å². The number of hydrogen-bond donors (Lipinski definition) is 1. The highest BCUT2D eigenvalue weighted by Crippen LogP contribution is 2.30. The molecule has 1 unspecified atom stereocenters. The Morgan fingerprint density at radius 3 is 2.83 bits per heavy atom. The molecule has 1 aromatic carbocycles. The Morgan fingerprint density at radius 2 is 2.22 bits per heavy atom. The second-order valence-corrected chi connectivity index (χ2v) is 4.28. The Kier molecular flexibility index (Phi) is 3.55. The van der Waals surface area contributed by atoms with E-state index < -0.39 is 5.97 Å². The Labute approximate surface area is 106 Å². The third-order valence-electron chi connectivity index (χ3n) is 3.22. The molecule has 0 saturated heterocycles. The van der Waals surface area contributed by atoms with Crippen molar-refractivity contribution in [3.63, 3.8) is 0 Å². The SMILES string of the molecule is CCC(CC(=O)O)n1ccc2c(OC)cccc21. The summed E-state index contributed by atoms with van der Waals surface area (Å²) in [6.07, 6.45) is 2.86. The van der Waals surface area contributed by atoms with Gasteiger partial charge in [0.15, 0.2) is 0 Å². The van der Waals surface area contributed by atoms with Gasteiger partial charge in [0, 0.05) is 17.6 Å². The lowest BCUT2D eigenvalue weighted by molar-refractivity contribution is -0.137. The molecule has 2 rings (SSSR count).